The van der Waals surface area contributed by atoms with E-state index in [1.807, 2.05) is 0 Å². The third kappa shape index (κ3) is 4.43. The van der Waals surface area contributed by atoms with E-state index in [2.05, 4.69) is 242 Å². The van der Waals surface area contributed by atoms with Crippen LogP contribution in [0.25, 0.3) is 65.7 Å². The summed E-state index contributed by atoms with van der Waals surface area (Å²) < 4.78 is 0. The first kappa shape index (κ1) is 35.6. The molecule has 3 aliphatic rings. The van der Waals surface area contributed by atoms with Crippen LogP contribution < -0.4 is 4.90 Å². The molecule has 0 radical (unpaired) electrons. The minimum Gasteiger partial charge on any atom is -0.309 e. The molecule has 1 heteroatoms. The summed E-state index contributed by atoms with van der Waals surface area (Å²) in [6, 6.07) is 86.9. The number of benzene rings is 11. The molecular formula is C63H41N. The van der Waals surface area contributed by atoms with Crippen LogP contribution in [0.15, 0.2) is 231 Å². The lowest BCUT2D eigenvalue weighted by molar-refractivity contribution is 0.714. The largest absolute Gasteiger partial charge is 0.309 e. The molecule has 0 amide bonds. The topological polar surface area (TPSA) is 3.24 Å². The monoisotopic (exact) mass is 811 g/mol. The highest BCUT2D eigenvalue weighted by Gasteiger charge is 2.52. The van der Waals surface area contributed by atoms with Gasteiger partial charge in [0.2, 0.25) is 0 Å². The molecule has 11 aromatic rings. The van der Waals surface area contributed by atoms with Gasteiger partial charge in [0.15, 0.2) is 0 Å². The van der Waals surface area contributed by atoms with Crippen LogP contribution in [0.4, 0.5) is 17.1 Å². The van der Waals surface area contributed by atoms with E-state index < -0.39 is 10.8 Å². The second kappa shape index (κ2) is 13.0. The molecular weight excluding hydrogens is 771 g/mol. The Morgan fingerprint density at radius 2 is 0.734 bits per heavy atom. The van der Waals surface area contributed by atoms with E-state index in [-0.39, 0.29) is 0 Å². The van der Waals surface area contributed by atoms with Crippen LogP contribution in [0.5, 0.6) is 0 Å². The lowest BCUT2D eigenvalue weighted by Crippen LogP contribution is -2.27. The Morgan fingerprint density at radius 1 is 0.312 bits per heavy atom. The molecule has 0 heterocycles. The average Bonchev–Trinajstić information content (AvgIpc) is 3.94. The minimum absolute atomic E-state index is 0.432. The van der Waals surface area contributed by atoms with Gasteiger partial charge in [-0.15, -0.1) is 0 Å². The fourth-order valence-electron chi connectivity index (χ4n) is 12.6. The van der Waals surface area contributed by atoms with Gasteiger partial charge in [-0.1, -0.05) is 206 Å². The van der Waals surface area contributed by atoms with Crippen molar-refractivity contribution < 1.29 is 0 Å². The van der Waals surface area contributed by atoms with Gasteiger partial charge in [-0.05, 0) is 130 Å². The molecule has 1 nitrogen and oxygen atoms in total. The van der Waals surface area contributed by atoms with E-state index in [1.54, 1.807) is 0 Å². The second-order valence-electron chi connectivity index (χ2n) is 18.0. The van der Waals surface area contributed by atoms with Crippen LogP contribution in [0.2, 0.25) is 0 Å². The summed E-state index contributed by atoms with van der Waals surface area (Å²) in [6.45, 7) is 2.45. The molecule has 14 rings (SSSR count). The van der Waals surface area contributed by atoms with Crippen molar-refractivity contribution in [2.45, 2.75) is 17.8 Å². The van der Waals surface area contributed by atoms with Gasteiger partial charge in [0.25, 0.3) is 0 Å². The van der Waals surface area contributed by atoms with Crippen LogP contribution in [0.1, 0.15) is 45.9 Å². The van der Waals surface area contributed by atoms with Crippen LogP contribution in [0.3, 0.4) is 0 Å². The van der Waals surface area contributed by atoms with Crippen molar-refractivity contribution in [1.29, 1.82) is 0 Å². The van der Waals surface area contributed by atoms with Gasteiger partial charge in [0.05, 0.1) is 16.8 Å². The van der Waals surface area contributed by atoms with Crippen LogP contribution in [0, 0.1) is 0 Å². The number of fused-ring (bicyclic) bond motifs is 19. The van der Waals surface area contributed by atoms with Crippen molar-refractivity contribution in [3.05, 3.63) is 269 Å². The number of hydrogen-bond acceptors (Lipinski definition) is 1. The van der Waals surface area contributed by atoms with Crippen molar-refractivity contribution in [3.63, 3.8) is 0 Å². The van der Waals surface area contributed by atoms with E-state index >= 15 is 0 Å². The summed E-state index contributed by atoms with van der Waals surface area (Å²) in [4.78, 5) is 2.62. The molecule has 0 saturated heterocycles. The van der Waals surface area contributed by atoms with Gasteiger partial charge in [-0.2, -0.15) is 0 Å². The third-order valence-corrected chi connectivity index (χ3v) is 15.1. The molecule has 0 N–H and O–H groups in total. The molecule has 11 aromatic carbocycles. The lowest BCUT2D eigenvalue weighted by Gasteiger charge is -2.36. The zero-order valence-corrected chi connectivity index (χ0v) is 35.4. The van der Waals surface area contributed by atoms with E-state index in [0.717, 1.165) is 11.4 Å². The maximum atomic E-state index is 2.62. The standard InChI is InChI=1S/C63H41N/c1-62(40-19-3-2-4-20-40)53-31-13-9-27-48(53)52-30-18-36-59(61(52)62)64(58-35-17-29-51-44-22-6-5-21-42(44)43-23-7-8-28-50(43)60(51)58)41-37-38-49-47-26-12-16-34-56(47)63(57(49)39-41)54-32-14-10-24-45(54)46-25-11-15-33-55(46)63/h2-39H,1H3. The molecule has 0 fully saturated rings. The molecule has 1 atom stereocenters. The SMILES string of the molecule is CC1(c2ccccc2)c2ccccc2-c2cccc(N(c3ccc4c(c3)C3(c5ccccc5-c5ccccc53)c3ccccc3-4)c3cccc4c5ccccc5c5ccccc5c34)c21. The minimum atomic E-state index is -0.476. The fraction of sp³-hybridized carbons (Fsp3) is 0.0476. The Bertz CT molecular complexity index is 3660. The number of rotatable bonds is 4. The van der Waals surface area contributed by atoms with Gasteiger partial charge in [-0.25, -0.2) is 0 Å². The van der Waals surface area contributed by atoms with Gasteiger partial charge < -0.3 is 4.90 Å². The first-order chi connectivity index (χ1) is 31.7. The van der Waals surface area contributed by atoms with Gasteiger partial charge in [-0.3, -0.25) is 0 Å². The number of hydrogen-bond donors (Lipinski definition) is 0. The Kier molecular flexibility index (Phi) is 7.24. The predicted molar refractivity (Wildman–Crippen MR) is 267 cm³/mol. The van der Waals surface area contributed by atoms with Crippen molar-refractivity contribution in [2.24, 2.45) is 0 Å². The lowest BCUT2D eigenvalue weighted by atomic mass is 9.70. The van der Waals surface area contributed by atoms with E-state index in [0.29, 0.717) is 0 Å². The zero-order valence-electron chi connectivity index (χ0n) is 35.4. The Morgan fingerprint density at radius 3 is 1.34 bits per heavy atom. The second-order valence-corrected chi connectivity index (χ2v) is 18.0. The van der Waals surface area contributed by atoms with Crippen LogP contribution in [-0.4, -0.2) is 0 Å². The molecule has 1 unspecified atom stereocenters. The number of anilines is 3. The fourth-order valence-corrected chi connectivity index (χ4v) is 12.6. The first-order valence-corrected chi connectivity index (χ1v) is 22.5. The highest BCUT2D eigenvalue weighted by molar-refractivity contribution is 6.29. The molecule has 298 valence electrons. The van der Waals surface area contributed by atoms with Crippen LogP contribution >= 0.6 is 0 Å². The maximum Gasteiger partial charge on any atom is 0.0726 e. The zero-order chi connectivity index (χ0) is 42.1. The first-order valence-electron chi connectivity index (χ1n) is 22.5. The smallest absolute Gasteiger partial charge is 0.0726 e. The highest BCUT2D eigenvalue weighted by atomic mass is 15.1. The maximum absolute atomic E-state index is 2.62. The van der Waals surface area contributed by atoms with Gasteiger partial charge in [0, 0.05) is 16.5 Å². The van der Waals surface area contributed by atoms with Crippen molar-refractivity contribution in [2.75, 3.05) is 4.90 Å². The molecule has 64 heavy (non-hydrogen) atoms. The molecule has 0 aliphatic heterocycles. The quantitative estimate of drug-likeness (QED) is 0.160. The highest BCUT2D eigenvalue weighted by Crippen LogP contribution is 2.64. The average molecular weight is 812 g/mol. The predicted octanol–water partition coefficient (Wildman–Crippen LogP) is 16.3. The summed E-state index contributed by atoms with van der Waals surface area (Å²) in [6.07, 6.45) is 0. The van der Waals surface area contributed by atoms with Crippen LogP contribution in [-0.2, 0) is 10.8 Å². The van der Waals surface area contributed by atoms with E-state index in [1.165, 1.54) is 110 Å². The molecule has 1 spiro atoms. The van der Waals surface area contributed by atoms with E-state index in [9.17, 15) is 0 Å². The molecule has 3 aliphatic carbocycles. The summed E-state index contributed by atoms with van der Waals surface area (Å²) in [5.74, 6) is 0. The third-order valence-electron chi connectivity index (χ3n) is 15.1. The summed E-state index contributed by atoms with van der Waals surface area (Å²) >= 11 is 0. The molecule has 0 aromatic heterocycles. The summed E-state index contributed by atoms with van der Waals surface area (Å²) in [5, 5.41) is 7.56. The Labute approximate surface area is 373 Å². The molecule has 0 bridgehead atoms. The van der Waals surface area contributed by atoms with Crippen molar-refractivity contribution >= 4 is 49.4 Å². The van der Waals surface area contributed by atoms with Gasteiger partial charge >= 0.3 is 0 Å². The Balaban J connectivity index is 1.13. The van der Waals surface area contributed by atoms with Crippen molar-refractivity contribution in [1.82, 2.24) is 0 Å². The van der Waals surface area contributed by atoms with Crippen molar-refractivity contribution in [3.8, 4) is 33.4 Å². The normalized spacial score (nSPS) is 15.8. The Hall–Kier alpha value is -8.00. The van der Waals surface area contributed by atoms with Gasteiger partial charge in [0.1, 0.15) is 0 Å². The summed E-state index contributed by atoms with van der Waals surface area (Å²) in [7, 11) is 0. The molecule has 0 saturated carbocycles. The van der Waals surface area contributed by atoms with E-state index in [4.69, 9.17) is 0 Å². The number of nitrogens with zero attached hydrogens (tertiary/aromatic N) is 1. The summed E-state index contributed by atoms with van der Waals surface area (Å²) in [5.41, 5.74) is 19.7.